The van der Waals surface area contributed by atoms with E-state index in [1.807, 2.05) is 32.0 Å². The summed E-state index contributed by atoms with van der Waals surface area (Å²) in [6.07, 6.45) is 2.23. The molecule has 0 fully saturated rings. The van der Waals surface area contributed by atoms with Gasteiger partial charge < -0.3 is 10.1 Å². The third-order valence-electron chi connectivity index (χ3n) is 5.50. The molecule has 0 aliphatic carbocycles. The lowest BCUT2D eigenvalue weighted by molar-refractivity contribution is -0.120. The molecule has 0 saturated heterocycles. The van der Waals surface area contributed by atoms with Crippen molar-refractivity contribution in [3.05, 3.63) is 53.6 Å². The van der Waals surface area contributed by atoms with Crippen LogP contribution in [-0.4, -0.2) is 32.3 Å². The summed E-state index contributed by atoms with van der Waals surface area (Å²) in [5, 5.41) is 2.97. The van der Waals surface area contributed by atoms with E-state index in [2.05, 4.69) is 5.32 Å². The zero-order valence-corrected chi connectivity index (χ0v) is 18.0. The summed E-state index contributed by atoms with van der Waals surface area (Å²) in [5.74, 6) is 0.609. The Kier molecular flexibility index (Phi) is 6.59. The van der Waals surface area contributed by atoms with E-state index in [0.717, 1.165) is 24.0 Å². The minimum atomic E-state index is -3.60. The lowest BCUT2D eigenvalue weighted by Crippen LogP contribution is -2.36. The van der Waals surface area contributed by atoms with Crippen LogP contribution in [0, 0.1) is 5.92 Å². The van der Waals surface area contributed by atoms with Gasteiger partial charge in [0.2, 0.25) is 15.9 Å². The molecule has 0 unspecified atom stereocenters. The third-order valence-corrected chi connectivity index (χ3v) is 7.36. The Morgan fingerprint density at radius 2 is 1.79 bits per heavy atom. The summed E-state index contributed by atoms with van der Waals surface area (Å²) >= 11 is 0. The van der Waals surface area contributed by atoms with Crippen LogP contribution in [0.4, 0.5) is 5.69 Å². The zero-order valence-electron chi connectivity index (χ0n) is 17.1. The number of rotatable bonds is 7. The van der Waals surface area contributed by atoms with E-state index in [-0.39, 0.29) is 16.7 Å². The van der Waals surface area contributed by atoms with E-state index >= 15 is 0 Å². The summed E-state index contributed by atoms with van der Waals surface area (Å²) in [7, 11) is -2.05. The average Bonchev–Trinajstić information content (AvgIpc) is 2.74. The van der Waals surface area contributed by atoms with E-state index < -0.39 is 10.0 Å². The Hall–Kier alpha value is -2.38. The number of carbonyl (C=O) groups excluding carboxylic acids is 1. The fourth-order valence-corrected chi connectivity index (χ4v) is 5.03. The lowest BCUT2D eigenvalue weighted by atomic mass is 9.99. The van der Waals surface area contributed by atoms with Crippen molar-refractivity contribution in [1.29, 1.82) is 0 Å². The van der Waals surface area contributed by atoms with Gasteiger partial charge in [-0.15, -0.1) is 0 Å². The van der Waals surface area contributed by atoms with E-state index in [4.69, 9.17) is 4.74 Å². The molecule has 29 heavy (non-hydrogen) atoms. The van der Waals surface area contributed by atoms with Gasteiger partial charge in [-0.3, -0.25) is 4.79 Å². The number of ether oxygens (including phenoxy) is 1. The highest BCUT2D eigenvalue weighted by Gasteiger charge is 2.28. The quantitative estimate of drug-likeness (QED) is 0.745. The summed E-state index contributed by atoms with van der Waals surface area (Å²) < 4.78 is 32.7. The van der Waals surface area contributed by atoms with Gasteiger partial charge in [0.15, 0.2) is 0 Å². The largest absolute Gasteiger partial charge is 0.497 e. The molecule has 1 aliphatic rings. The zero-order chi connectivity index (χ0) is 21.0. The number of nitrogens with zero attached hydrogens (tertiary/aromatic N) is 1. The highest BCUT2D eigenvalue weighted by atomic mass is 32.2. The van der Waals surface area contributed by atoms with Crippen LogP contribution >= 0.6 is 0 Å². The molecular formula is C22H28N2O4S. The number of carbonyl (C=O) groups is 1. The van der Waals surface area contributed by atoms with Gasteiger partial charge in [0.05, 0.1) is 12.0 Å². The van der Waals surface area contributed by atoms with Crippen LogP contribution < -0.4 is 10.1 Å². The highest BCUT2D eigenvalue weighted by Crippen LogP contribution is 2.28. The molecule has 2 aromatic rings. The Labute approximate surface area is 172 Å². The smallest absolute Gasteiger partial charge is 0.243 e. The third kappa shape index (κ3) is 4.62. The fraction of sp³-hybridized carbons (Fsp3) is 0.409. The van der Waals surface area contributed by atoms with Crippen molar-refractivity contribution < 1.29 is 17.9 Å². The van der Waals surface area contributed by atoms with E-state index in [1.54, 1.807) is 31.4 Å². The topological polar surface area (TPSA) is 75.7 Å². The highest BCUT2D eigenvalue weighted by molar-refractivity contribution is 7.89. The fourth-order valence-electron chi connectivity index (χ4n) is 3.61. The minimum Gasteiger partial charge on any atom is -0.497 e. The van der Waals surface area contributed by atoms with Gasteiger partial charge in [-0.25, -0.2) is 8.42 Å². The monoisotopic (exact) mass is 416 g/mol. The first-order chi connectivity index (χ1) is 13.9. The van der Waals surface area contributed by atoms with E-state index in [9.17, 15) is 13.2 Å². The first kappa shape index (κ1) is 21.3. The van der Waals surface area contributed by atoms with Gasteiger partial charge in [0.1, 0.15) is 5.75 Å². The summed E-state index contributed by atoms with van der Waals surface area (Å²) in [6.45, 7) is 4.73. The molecule has 2 aromatic carbocycles. The van der Waals surface area contributed by atoms with Crippen LogP contribution in [0.5, 0.6) is 5.75 Å². The summed E-state index contributed by atoms with van der Waals surface area (Å²) in [4.78, 5) is 12.6. The molecule has 156 valence electrons. The number of methoxy groups -OCH3 is 1. The van der Waals surface area contributed by atoms with Crippen LogP contribution in [0.2, 0.25) is 0 Å². The van der Waals surface area contributed by atoms with Crippen LogP contribution in [0.1, 0.15) is 37.8 Å². The maximum atomic E-state index is 13.0. The van der Waals surface area contributed by atoms with E-state index in [0.29, 0.717) is 30.9 Å². The maximum Gasteiger partial charge on any atom is 0.243 e. The number of fused-ring (bicyclic) bond motifs is 1. The van der Waals surface area contributed by atoms with Gasteiger partial charge in [-0.05, 0) is 66.8 Å². The van der Waals surface area contributed by atoms with Gasteiger partial charge in [0, 0.05) is 24.7 Å². The first-order valence-corrected chi connectivity index (χ1v) is 11.4. The molecule has 1 N–H and O–H groups in total. The van der Waals surface area contributed by atoms with Crippen LogP contribution in [0.3, 0.4) is 0 Å². The van der Waals surface area contributed by atoms with Crippen molar-refractivity contribution in [2.45, 2.75) is 44.6 Å². The molecule has 0 saturated carbocycles. The second-order valence-corrected chi connectivity index (χ2v) is 9.19. The van der Waals surface area contributed by atoms with Crippen molar-refractivity contribution in [3.8, 4) is 5.75 Å². The number of amides is 1. The van der Waals surface area contributed by atoms with Crippen molar-refractivity contribution in [3.63, 3.8) is 0 Å². The summed E-state index contributed by atoms with van der Waals surface area (Å²) in [5.41, 5.74) is 2.76. The molecule has 0 radical (unpaired) electrons. The molecule has 0 atom stereocenters. The molecule has 0 spiro atoms. The van der Waals surface area contributed by atoms with Crippen LogP contribution in [0.25, 0.3) is 0 Å². The number of nitrogens with one attached hydrogen (secondary N) is 1. The predicted octanol–water partition coefficient (Wildman–Crippen LogP) is 3.82. The normalized spacial score (nSPS) is 14.5. The molecule has 0 aromatic heterocycles. The lowest BCUT2D eigenvalue weighted by Gasteiger charge is -2.28. The Bertz CT molecular complexity index is 967. The molecular weight excluding hydrogens is 388 g/mol. The van der Waals surface area contributed by atoms with Crippen molar-refractivity contribution >= 4 is 21.6 Å². The van der Waals surface area contributed by atoms with Crippen molar-refractivity contribution in [2.75, 3.05) is 19.0 Å². The Morgan fingerprint density at radius 1 is 1.10 bits per heavy atom. The number of anilines is 1. The second kappa shape index (κ2) is 8.97. The Balaban J connectivity index is 1.79. The van der Waals surface area contributed by atoms with Crippen molar-refractivity contribution in [1.82, 2.24) is 4.31 Å². The Morgan fingerprint density at radius 3 is 2.41 bits per heavy atom. The minimum absolute atomic E-state index is 0.00784. The van der Waals surface area contributed by atoms with E-state index in [1.165, 1.54) is 4.31 Å². The molecule has 1 heterocycles. The molecule has 0 bridgehead atoms. The number of benzene rings is 2. The van der Waals surface area contributed by atoms with Crippen LogP contribution in [0.15, 0.2) is 47.4 Å². The van der Waals surface area contributed by atoms with Gasteiger partial charge in [-0.2, -0.15) is 4.31 Å². The average molecular weight is 417 g/mol. The maximum absolute atomic E-state index is 13.0. The number of hydrogen-bond donors (Lipinski definition) is 1. The van der Waals surface area contributed by atoms with Gasteiger partial charge >= 0.3 is 0 Å². The molecule has 6 nitrogen and oxygen atoms in total. The van der Waals surface area contributed by atoms with Crippen LogP contribution in [-0.2, 0) is 27.8 Å². The van der Waals surface area contributed by atoms with Crippen molar-refractivity contribution in [2.24, 2.45) is 5.92 Å². The molecule has 7 heteroatoms. The molecule has 1 amide bonds. The number of sulfonamides is 1. The van der Waals surface area contributed by atoms with Gasteiger partial charge in [-0.1, -0.05) is 19.9 Å². The SMILES string of the molecule is CCC(CC)C(=O)Nc1ccc2c(c1)CN(S(=O)(=O)c1ccc(OC)cc1)CC2. The standard InChI is InChI=1S/C22H28N2O4S/c1-4-16(5-2)22(25)23-19-7-6-17-12-13-24(15-18(17)14-19)29(26,27)21-10-8-20(28-3)9-11-21/h6-11,14,16H,4-5,12-13,15H2,1-3H3,(H,23,25). The van der Waals surface area contributed by atoms with Gasteiger partial charge in [0.25, 0.3) is 0 Å². The molecule has 1 aliphatic heterocycles. The molecule has 3 rings (SSSR count). The number of hydrogen-bond acceptors (Lipinski definition) is 4. The second-order valence-electron chi connectivity index (χ2n) is 7.25. The summed E-state index contributed by atoms with van der Waals surface area (Å²) in [6, 6.07) is 12.2. The first-order valence-electron chi connectivity index (χ1n) is 9.95. The predicted molar refractivity (Wildman–Crippen MR) is 113 cm³/mol.